The Morgan fingerprint density at radius 1 is 1.19 bits per heavy atom. The Hall–Kier alpha value is -1.44. The van der Waals surface area contributed by atoms with E-state index in [1.54, 1.807) is 36.2 Å². The fraction of sp³-hybridized carbons (Fsp3) is 0.650. The predicted octanol–water partition coefficient (Wildman–Crippen LogP) is 2.89. The van der Waals surface area contributed by atoms with Gasteiger partial charge in [0.05, 0.1) is 17.6 Å². The third-order valence-electron chi connectivity index (χ3n) is 5.75. The highest BCUT2D eigenvalue weighted by atomic mass is 32.2. The maximum absolute atomic E-state index is 12.9. The molecule has 1 aromatic rings. The summed E-state index contributed by atoms with van der Waals surface area (Å²) in [7, 11) is -1.86. The van der Waals surface area contributed by atoms with E-state index in [0.29, 0.717) is 25.3 Å². The summed E-state index contributed by atoms with van der Waals surface area (Å²) in [6.07, 6.45) is 6.12. The van der Waals surface area contributed by atoms with Crippen LogP contribution in [-0.2, 0) is 14.8 Å². The van der Waals surface area contributed by atoms with Crippen molar-refractivity contribution in [3.05, 3.63) is 29.8 Å². The molecule has 150 valence electrons. The van der Waals surface area contributed by atoms with Crippen LogP contribution < -0.4 is 0 Å². The molecule has 1 atom stereocenters. The van der Waals surface area contributed by atoms with Gasteiger partial charge in [0.2, 0.25) is 10.0 Å². The molecule has 3 rings (SSSR count). The first-order chi connectivity index (χ1) is 12.9. The lowest BCUT2D eigenvalue weighted by Crippen LogP contribution is -2.45. The molecule has 1 saturated carbocycles. The summed E-state index contributed by atoms with van der Waals surface area (Å²) >= 11 is 0. The standard InChI is InChI=1S/C20H30N2O4S/c1-3-18-15-22(13-14-26-18)20(23)16-9-11-19(12-10-16)27(24,25)21(2)17-7-5-4-6-8-17/h9-12,17-18H,3-8,13-15H2,1-2H3. The molecule has 0 spiro atoms. The zero-order valence-electron chi connectivity index (χ0n) is 16.3. The zero-order chi connectivity index (χ0) is 19.4. The van der Waals surface area contributed by atoms with Crippen LogP contribution in [0.25, 0.3) is 0 Å². The monoisotopic (exact) mass is 394 g/mol. The molecule has 1 aliphatic carbocycles. The van der Waals surface area contributed by atoms with E-state index in [-0.39, 0.29) is 22.9 Å². The van der Waals surface area contributed by atoms with E-state index >= 15 is 0 Å². The van der Waals surface area contributed by atoms with Crippen molar-refractivity contribution >= 4 is 15.9 Å². The third-order valence-corrected chi connectivity index (χ3v) is 7.67. The smallest absolute Gasteiger partial charge is 0.254 e. The Morgan fingerprint density at radius 2 is 1.85 bits per heavy atom. The van der Waals surface area contributed by atoms with Gasteiger partial charge in [-0.15, -0.1) is 0 Å². The van der Waals surface area contributed by atoms with Gasteiger partial charge in [0.25, 0.3) is 5.91 Å². The van der Waals surface area contributed by atoms with Gasteiger partial charge in [-0.05, 0) is 43.5 Å². The Bertz CT molecular complexity index is 742. The molecule has 1 heterocycles. The number of hydrogen-bond donors (Lipinski definition) is 0. The average Bonchev–Trinajstić information content (AvgIpc) is 2.73. The molecule has 6 nitrogen and oxygen atoms in total. The van der Waals surface area contributed by atoms with Gasteiger partial charge in [-0.2, -0.15) is 4.31 Å². The fourth-order valence-corrected chi connectivity index (χ4v) is 5.33. The molecule has 1 aromatic carbocycles. The van der Waals surface area contributed by atoms with Gasteiger partial charge in [-0.3, -0.25) is 4.79 Å². The van der Waals surface area contributed by atoms with Gasteiger partial charge in [-0.1, -0.05) is 26.2 Å². The number of morpholine rings is 1. The predicted molar refractivity (Wildman–Crippen MR) is 104 cm³/mol. The highest BCUT2D eigenvalue weighted by molar-refractivity contribution is 7.89. The van der Waals surface area contributed by atoms with Crippen LogP contribution in [0.4, 0.5) is 0 Å². The van der Waals surface area contributed by atoms with Gasteiger partial charge in [0.15, 0.2) is 0 Å². The van der Waals surface area contributed by atoms with Crippen molar-refractivity contribution in [2.75, 3.05) is 26.7 Å². The molecule has 1 unspecified atom stereocenters. The summed E-state index contributed by atoms with van der Waals surface area (Å²) in [4.78, 5) is 14.8. The van der Waals surface area contributed by atoms with E-state index in [0.717, 1.165) is 32.1 Å². The molecule has 2 aliphatic rings. The highest BCUT2D eigenvalue weighted by Crippen LogP contribution is 2.26. The van der Waals surface area contributed by atoms with Crippen LogP contribution in [0.15, 0.2) is 29.2 Å². The highest BCUT2D eigenvalue weighted by Gasteiger charge is 2.29. The van der Waals surface area contributed by atoms with Gasteiger partial charge < -0.3 is 9.64 Å². The Balaban J connectivity index is 1.71. The van der Waals surface area contributed by atoms with Crippen LogP contribution in [0.3, 0.4) is 0 Å². The number of rotatable bonds is 5. The van der Waals surface area contributed by atoms with Gasteiger partial charge in [-0.25, -0.2) is 8.42 Å². The average molecular weight is 395 g/mol. The molecule has 1 saturated heterocycles. The minimum Gasteiger partial charge on any atom is -0.375 e. The second-order valence-electron chi connectivity index (χ2n) is 7.49. The molecule has 27 heavy (non-hydrogen) atoms. The summed E-state index contributed by atoms with van der Waals surface area (Å²) in [6, 6.07) is 6.43. The third kappa shape index (κ3) is 4.52. The summed E-state index contributed by atoms with van der Waals surface area (Å²) in [5.41, 5.74) is 0.519. The van der Waals surface area contributed by atoms with E-state index in [4.69, 9.17) is 4.74 Å². The van der Waals surface area contributed by atoms with Crippen LogP contribution in [-0.4, -0.2) is 62.4 Å². The van der Waals surface area contributed by atoms with Crippen molar-refractivity contribution in [1.29, 1.82) is 0 Å². The first-order valence-electron chi connectivity index (χ1n) is 9.92. The molecule has 0 N–H and O–H groups in total. The SMILES string of the molecule is CCC1CN(C(=O)c2ccc(S(=O)(=O)N(C)C3CCCCC3)cc2)CCO1. The van der Waals surface area contributed by atoms with Gasteiger partial charge >= 0.3 is 0 Å². The van der Waals surface area contributed by atoms with Crippen LogP contribution in [0.5, 0.6) is 0 Å². The molecule has 0 radical (unpaired) electrons. The van der Waals surface area contributed by atoms with Crippen molar-refractivity contribution in [3.8, 4) is 0 Å². The number of carbonyl (C=O) groups excluding carboxylic acids is 1. The summed E-state index contributed by atoms with van der Waals surface area (Å²) in [5, 5.41) is 0. The molecule has 2 fully saturated rings. The maximum Gasteiger partial charge on any atom is 0.254 e. The Labute approximate surface area is 162 Å². The molecular weight excluding hydrogens is 364 g/mol. The molecular formula is C20H30N2O4S. The lowest BCUT2D eigenvalue weighted by molar-refractivity contribution is -0.0226. The van der Waals surface area contributed by atoms with Crippen molar-refractivity contribution in [2.24, 2.45) is 0 Å². The van der Waals surface area contributed by atoms with E-state index in [1.807, 2.05) is 6.92 Å². The molecule has 0 bridgehead atoms. The van der Waals surface area contributed by atoms with Crippen LogP contribution in [0.1, 0.15) is 55.8 Å². The maximum atomic E-state index is 12.9. The molecule has 0 aromatic heterocycles. The number of hydrogen-bond acceptors (Lipinski definition) is 4. The van der Waals surface area contributed by atoms with E-state index in [9.17, 15) is 13.2 Å². The van der Waals surface area contributed by atoms with E-state index in [2.05, 4.69) is 0 Å². The van der Waals surface area contributed by atoms with Crippen molar-refractivity contribution in [3.63, 3.8) is 0 Å². The van der Waals surface area contributed by atoms with Crippen molar-refractivity contribution in [1.82, 2.24) is 9.21 Å². The first-order valence-corrected chi connectivity index (χ1v) is 11.4. The summed E-state index contributed by atoms with van der Waals surface area (Å²) in [5.74, 6) is -0.0682. The molecule has 1 amide bonds. The molecule has 7 heteroatoms. The summed E-state index contributed by atoms with van der Waals surface area (Å²) in [6.45, 7) is 3.74. The quantitative estimate of drug-likeness (QED) is 0.770. The van der Waals surface area contributed by atoms with Crippen LogP contribution in [0, 0.1) is 0 Å². The number of sulfonamides is 1. The fourth-order valence-electron chi connectivity index (χ4n) is 3.91. The Morgan fingerprint density at radius 3 is 2.48 bits per heavy atom. The van der Waals surface area contributed by atoms with E-state index < -0.39 is 10.0 Å². The lowest BCUT2D eigenvalue weighted by Gasteiger charge is -2.32. The number of ether oxygens (including phenoxy) is 1. The number of benzene rings is 1. The van der Waals surface area contributed by atoms with E-state index in [1.165, 1.54) is 10.7 Å². The second-order valence-corrected chi connectivity index (χ2v) is 9.49. The Kier molecular flexibility index (Phi) is 6.55. The van der Waals surface area contributed by atoms with Crippen LogP contribution in [0.2, 0.25) is 0 Å². The minimum atomic E-state index is -3.53. The second kappa shape index (κ2) is 8.71. The van der Waals surface area contributed by atoms with Crippen molar-refractivity contribution < 1.29 is 17.9 Å². The largest absolute Gasteiger partial charge is 0.375 e. The zero-order valence-corrected chi connectivity index (χ0v) is 17.1. The van der Waals surface area contributed by atoms with Gasteiger partial charge in [0.1, 0.15) is 0 Å². The molecule has 1 aliphatic heterocycles. The summed E-state index contributed by atoms with van der Waals surface area (Å²) < 4.78 is 32.9. The van der Waals surface area contributed by atoms with Gasteiger partial charge in [0, 0.05) is 31.7 Å². The van der Waals surface area contributed by atoms with Crippen LogP contribution >= 0.6 is 0 Å². The number of carbonyl (C=O) groups is 1. The lowest BCUT2D eigenvalue weighted by atomic mass is 9.96. The van der Waals surface area contributed by atoms with Crippen molar-refractivity contribution in [2.45, 2.75) is 62.5 Å². The number of nitrogens with zero attached hydrogens (tertiary/aromatic N) is 2. The first kappa shape index (κ1) is 20.3. The topological polar surface area (TPSA) is 66.9 Å². The minimum absolute atomic E-state index is 0.0682. The number of amides is 1. The normalized spacial score (nSPS) is 22.2.